The maximum Gasteiger partial charge on any atom is 0.251 e. The van der Waals surface area contributed by atoms with Gasteiger partial charge in [0.1, 0.15) is 0 Å². The lowest BCUT2D eigenvalue weighted by molar-refractivity contribution is 0.0952. The van der Waals surface area contributed by atoms with E-state index in [2.05, 4.69) is 10.6 Å². The number of carbonyl (C=O) groups is 1. The zero-order valence-corrected chi connectivity index (χ0v) is 11.8. The van der Waals surface area contributed by atoms with E-state index >= 15 is 0 Å². The van der Waals surface area contributed by atoms with Gasteiger partial charge in [0.2, 0.25) is 0 Å². The first-order valence-electron chi connectivity index (χ1n) is 6.96. The van der Waals surface area contributed by atoms with Crippen molar-refractivity contribution in [1.29, 1.82) is 0 Å². The van der Waals surface area contributed by atoms with Gasteiger partial charge in [0, 0.05) is 37.9 Å². The van der Waals surface area contributed by atoms with Gasteiger partial charge >= 0.3 is 0 Å². The summed E-state index contributed by atoms with van der Waals surface area (Å²) in [5, 5.41) is 6.43. The Hall–Kier alpha value is -1.55. The molecule has 4 heteroatoms. The van der Waals surface area contributed by atoms with Crippen LogP contribution in [-0.4, -0.2) is 39.1 Å². The molecule has 1 amide bonds. The summed E-state index contributed by atoms with van der Waals surface area (Å²) in [5.74, 6) is 0.0155. The number of benzene rings is 1. The Morgan fingerprint density at radius 3 is 3.00 bits per heavy atom. The van der Waals surface area contributed by atoms with E-state index in [1.54, 1.807) is 0 Å². The van der Waals surface area contributed by atoms with E-state index in [0.29, 0.717) is 6.04 Å². The second kappa shape index (κ2) is 6.57. The third kappa shape index (κ3) is 3.96. The van der Waals surface area contributed by atoms with E-state index < -0.39 is 0 Å². The van der Waals surface area contributed by atoms with E-state index in [9.17, 15) is 4.79 Å². The highest BCUT2D eigenvalue weighted by Gasteiger charge is 2.14. The molecule has 1 heterocycles. The molecule has 1 unspecified atom stereocenters. The molecular formula is C15H23N3O. The number of nitrogens with one attached hydrogen (secondary N) is 2. The van der Waals surface area contributed by atoms with Crippen molar-refractivity contribution < 1.29 is 4.79 Å². The standard InChI is InChI=1S/C15H23N3O/c1-18(2)14-7-3-5-12(11-14)15(19)17-10-8-13-6-4-9-16-13/h3,5,7,11,13,16H,4,6,8-10H2,1-2H3,(H,17,19). The molecule has 2 N–H and O–H groups in total. The van der Waals surface area contributed by atoms with Crippen LogP contribution >= 0.6 is 0 Å². The number of hydrogen-bond acceptors (Lipinski definition) is 3. The fourth-order valence-electron chi connectivity index (χ4n) is 2.39. The van der Waals surface area contributed by atoms with Gasteiger partial charge in [-0.2, -0.15) is 0 Å². The van der Waals surface area contributed by atoms with Crippen LogP contribution in [0.3, 0.4) is 0 Å². The van der Waals surface area contributed by atoms with E-state index in [1.165, 1.54) is 12.8 Å². The van der Waals surface area contributed by atoms with E-state index in [-0.39, 0.29) is 5.91 Å². The van der Waals surface area contributed by atoms with Crippen LogP contribution in [0, 0.1) is 0 Å². The summed E-state index contributed by atoms with van der Waals surface area (Å²) in [4.78, 5) is 14.0. The minimum Gasteiger partial charge on any atom is -0.378 e. The fraction of sp³-hybridized carbons (Fsp3) is 0.533. The van der Waals surface area contributed by atoms with Gasteiger partial charge in [0.05, 0.1) is 0 Å². The molecule has 1 aromatic rings. The van der Waals surface area contributed by atoms with Gasteiger partial charge in [-0.15, -0.1) is 0 Å². The van der Waals surface area contributed by atoms with Gasteiger partial charge in [-0.05, 0) is 44.0 Å². The highest BCUT2D eigenvalue weighted by Crippen LogP contribution is 2.13. The first-order chi connectivity index (χ1) is 9.16. The third-order valence-electron chi connectivity index (χ3n) is 3.57. The van der Waals surface area contributed by atoms with E-state index in [4.69, 9.17) is 0 Å². The Kier molecular flexibility index (Phi) is 4.80. The lowest BCUT2D eigenvalue weighted by Gasteiger charge is -2.14. The van der Waals surface area contributed by atoms with Gasteiger partial charge in [0.25, 0.3) is 5.91 Å². The van der Waals surface area contributed by atoms with Gasteiger partial charge in [-0.3, -0.25) is 4.79 Å². The molecule has 1 aliphatic heterocycles. The first-order valence-corrected chi connectivity index (χ1v) is 6.96. The van der Waals surface area contributed by atoms with Crippen molar-refractivity contribution in [3.63, 3.8) is 0 Å². The monoisotopic (exact) mass is 261 g/mol. The van der Waals surface area contributed by atoms with Crippen molar-refractivity contribution in [2.24, 2.45) is 0 Å². The first kappa shape index (κ1) is 13.9. The van der Waals surface area contributed by atoms with Crippen LogP contribution in [0.1, 0.15) is 29.6 Å². The van der Waals surface area contributed by atoms with Crippen LogP contribution in [0.2, 0.25) is 0 Å². The molecule has 0 spiro atoms. The SMILES string of the molecule is CN(C)c1cccc(C(=O)NCCC2CCCN2)c1. The molecule has 1 aliphatic rings. The zero-order valence-electron chi connectivity index (χ0n) is 11.8. The van der Waals surface area contributed by atoms with Gasteiger partial charge in [-0.25, -0.2) is 0 Å². The molecular weight excluding hydrogens is 238 g/mol. The number of rotatable bonds is 5. The largest absolute Gasteiger partial charge is 0.378 e. The lowest BCUT2D eigenvalue weighted by Crippen LogP contribution is -2.30. The Morgan fingerprint density at radius 1 is 1.47 bits per heavy atom. The van der Waals surface area contributed by atoms with Crippen molar-refractivity contribution in [3.8, 4) is 0 Å². The van der Waals surface area contributed by atoms with Crippen LogP contribution in [-0.2, 0) is 0 Å². The smallest absolute Gasteiger partial charge is 0.251 e. The quantitative estimate of drug-likeness (QED) is 0.846. The summed E-state index contributed by atoms with van der Waals surface area (Å²) in [6, 6.07) is 8.27. The van der Waals surface area contributed by atoms with Crippen LogP contribution in [0.5, 0.6) is 0 Å². The molecule has 19 heavy (non-hydrogen) atoms. The van der Waals surface area contributed by atoms with Crippen molar-refractivity contribution >= 4 is 11.6 Å². The number of hydrogen-bond donors (Lipinski definition) is 2. The maximum atomic E-state index is 12.0. The molecule has 0 aromatic heterocycles. The Labute approximate surface area is 115 Å². The van der Waals surface area contributed by atoms with Gasteiger partial charge < -0.3 is 15.5 Å². The normalized spacial score (nSPS) is 18.3. The Bertz CT molecular complexity index is 425. The highest BCUT2D eigenvalue weighted by molar-refractivity contribution is 5.95. The minimum absolute atomic E-state index is 0.0155. The summed E-state index contributed by atoms with van der Waals surface area (Å²) >= 11 is 0. The summed E-state index contributed by atoms with van der Waals surface area (Å²) in [7, 11) is 3.95. The van der Waals surface area contributed by atoms with Crippen molar-refractivity contribution in [2.75, 3.05) is 32.1 Å². The molecule has 104 valence electrons. The summed E-state index contributed by atoms with van der Waals surface area (Å²) in [6.45, 7) is 1.85. The predicted octanol–water partition coefficient (Wildman–Crippen LogP) is 1.62. The summed E-state index contributed by atoms with van der Waals surface area (Å²) in [6.07, 6.45) is 3.49. The average molecular weight is 261 g/mol. The molecule has 0 saturated carbocycles. The third-order valence-corrected chi connectivity index (χ3v) is 3.57. The molecule has 0 bridgehead atoms. The van der Waals surface area contributed by atoms with Crippen molar-refractivity contribution in [1.82, 2.24) is 10.6 Å². The lowest BCUT2D eigenvalue weighted by atomic mass is 10.1. The zero-order chi connectivity index (χ0) is 13.7. The summed E-state index contributed by atoms with van der Waals surface area (Å²) < 4.78 is 0. The second-order valence-corrected chi connectivity index (χ2v) is 5.28. The minimum atomic E-state index is 0.0155. The Balaban J connectivity index is 1.83. The second-order valence-electron chi connectivity index (χ2n) is 5.28. The van der Waals surface area contributed by atoms with Crippen molar-refractivity contribution in [2.45, 2.75) is 25.3 Å². The van der Waals surface area contributed by atoms with Crippen LogP contribution in [0.4, 0.5) is 5.69 Å². The van der Waals surface area contributed by atoms with E-state index in [0.717, 1.165) is 30.8 Å². The van der Waals surface area contributed by atoms with Gasteiger partial charge in [-0.1, -0.05) is 6.07 Å². The fourth-order valence-corrected chi connectivity index (χ4v) is 2.39. The molecule has 0 aliphatic carbocycles. The highest BCUT2D eigenvalue weighted by atomic mass is 16.1. The molecule has 2 rings (SSSR count). The van der Waals surface area contributed by atoms with Crippen LogP contribution < -0.4 is 15.5 Å². The average Bonchev–Trinajstić information content (AvgIpc) is 2.92. The molecule has 1 atom stereocenters. The number of amides is 1. The molecule has 1 aromatic carbocycles. The maximum absolute atomic E-state index is 12.0. The number of anilines is 1. The molecule has 0 radical (unpaired) electrons. The molecule has 1 fully saturated rings. The molecule has 1 saturated heterocycles. The topological polar surface area (TPSA) is 44.4 Å². The van der Waals surface area contributed by atoms with Crippen LogP contribution in [0.15, 0.2) is 24.3 Å². The predicted molar refractivity (Wildman–Crippen MR) is 78.7 cm³/mol. The molecule has 4 nitrogen and oxygen atoms in total. The number of nitrogens with zero attached hydrogens (tertiary/aromatic N) is 1. The van der Waals surface area contributed by atoms with Gasteiger partial charge in [0.15, 0.2) is 0 Å². The van der Waals surface area contributed by atoms with Crippen molar-refractivity contribution in [3.05, 3.63) is 29.8 Å². The summed E-state index contributed by atoms with van der Waals surface area (Å²) in [5.41, 5.74) is 1.77. The van der Waals surface area contributed by atoms with E-state index in [1.807, 2.05) is 43.3 Å². The number of carbonyl (C=O) groups excluding carboxylic acids is 1. The Morgan fingerprint density at radius 2 is 2.32 bits per heavy atom. The van der Waals surface area contributed by atoms with Crippen LogP contribution in [0.25, 0.3) is 0 Å².